The molecule has 2 aliphatic heterocycles. The zero-order chi connectivity index (χ0) is 18.0. The second-order valence-corrected chi connectivity index (χ2v) is 8.28. The average Bonchev–Trinajstić information content (AvgIpc) is 3.23. The minimum absolute atomic E-state index is 0.00400. The lowest BCUT2D eigenvalue weighted by Crippen LogP contribution is -2.52. The molecule has 4 bridgehead atoms. The van der Waals surface area contributed by atoms with Crippen LogP contribution in [0.2, 0.25) is 0 Å². The summed E-state index contributed by atoms with van der Waals surface area (Å²) in [4.78, 5) is 39.0. The maximum atomic E-state index is 13.3. The Bertz CT molecular complexity index is 873. The Morgan fingerprint density at radius 3 is 2.54 bits per heavy atom. The Morgan fingerprint density at radius 2 is 1.77 bits per heavy atom. The van der Waals surface area contributed by atoms with Gasteiger partial charge < -0.3 is 14.6 Å². The van der Waals surface area contributed by atoms with Gasteiger partial charge in [-0.2, -0.15) is 0 Å². The molecular formula is C20H22N2O4. The van der Waals surface area contributed by atoms with E-state index in [1.54, 1.807) is 12.1 Å². The molecule has 136 valence electrons. The summed E-state index contributed by atoms with van der Waals surface area (Å²) in [7, 11) is 0. The lowest BCUT2D eigenvalue weighted by molar-refractivity contribution is -0.152. The molecule has 0 aromatic carbocycles. The van der Waals surface area contributed by atoms with Gasteiger partial charge in [0.15, 0.2) is 0 Å². The van der Waals surface area contributed by atoms with Crippen molar-refractivity contribution in [3.8, 4) is 0 Å². The van der Waals surface area contributed by atoms with Crippen LogP contribution in [-0.4, -0.2) is 39.5 Å². The van der Waals surface area contributed by atoms with E-state index in [0.717, 1.165) is 18.5 Å². The SMILES string of the molecule is O=C(O)[C@@H]1[C@H](C(=O)N2C[C@H]3C[C@@H](C2)c2cccc(=O)n2C3)[C@H]2C=C[C@H]1C2. The third-order valence-corrected chi connectivity index (χ3v) is 6.82. The maximum Gasteiger partial charge on any atom is 0.307 e. The summed E-state index contributed by atoms with van der Waals surface area (Å²) in [5, 5.41) is 9.63. The zero-order valence-corrected chi connectivity index (χ0v) is 14.5. The van der Waals surface area contributed by atoms with Crippen LogP contribution in [0, 0.1) is 29.6 Å². The molecule has 6 heteroatoms. The van der Waals surface area contributed by atoms with Crippen molar-refractivity contribution in [2.75, 3.05) is 13.1 Å². The molecule has 1 aromatic heterocycles. The molecule has 1 saturated carbocycles. The molecule has 1 saturated heterocycles. The van der Waals surface area contributed by atoms with E-state index < -0.39 is 17.8 Å². The summed E-state index contributed by atoms with van der Waals surface area (Å²) in [6.07, 6.45) is 5.78. The number of likely N-dealkylation sites (tertiary alicyclic amines) is 1. The normalized spacial score (nSPS) is 36.8. The fraction of sp³-hybridized carbons (Fsp3) is 0.550. The van der Waals surface area contributed by atoms with Crippen molar-refractivity contribution in [3.63, 3.8) is 0 Å². The van der Waals surface area contributed by atoms with Crippen molar-refractivity contribution < 1.29 is 14.7 Å². The van der Waals surface area contributed by atoms with Gasteiger partial charge in [-0.3, -0.25) is 14.4 Å². The number of hydrogen-bond donors (Lipinski definition) is 1. The lowest BCUT2D eigenvalue weighted by atomic mass is 9.79. The topological polar surface area (TPSA) is 79.6 Å². The molecule has 6 atom stereocenters. The number of piperidine rings is 1. The van der Waals surface area contributed by atoms with Gasteiger partial charge in [0, 0.05) is 37.3 Å². The third-order valence-electron chi connectivity index (χ3n) is 6.82. The molecule has 0 spiro atoms. The van der Waals surface area contributed by atoms with E-state index in [-0.39, 0.29) is 35.1 Å². The first-order valence-corrected chi connectivity index (χ1v) is 9.42. The number of carbonyl (C=O) groups is 2. The molecule has 1 N–H and O–H groups in total. The first-order valence-electron chi connectivity index (χ1n) is 9.42. The molecule has 3 heterocycles. The second kappa shape index (κ2) is 5.56. The van der Waals surface area contributed by atoms with Crippen LogP contribution in [0.5, 0.6) is 0 Å². The van der Waals surface area contributed by atoms with Crippen LogP contribution in [0.4, 0.5) is 0 Å². The van der Waals surface area contributed by atoms with E-state index in [4.69, 9.17) is 0 Å². The molecular weight excluding hydrogens is 332 g/mol. The minimum Gasteiger partial charge on any atom is -0.481 e. The van der Waals surface area contributed by atoms with Crippen LogP contribution < -0.4 is 5.56 Å². The molecule has 0 radical (unpaired) electrons. The fourth-order valence-electron chi connectivity index (χ4n) is 5.78. The average molecular weight is 354 g/mol. The molecule has 0 unspecified atom stereocenters. The fourth-order valence-corrected chi connectivity index (χ4v) is 5.78. The van der Waals surface area contributed by atoms with Crippen molar-refractivity contribution in [1.29, 1.82) is 0 Å². The number of hydrogen-bond acceptors (Lipinski definition) is 3. The quantitative estimate of drug-likeness (QED) is 0.813. The number of fused-ring (bicyclic) bond motifs is 6. The number of rotatable bonds is 2. The number of carboxylic acids is 1. The van der Waals surface area contributed by atoms with E-state index in [1.807, 2.05) is 27.7 Å². The summed E-state index contributed by atoms with van der Waals surface area (Å²) in [6, 6.07) is 5.36. The van der Waals surface area contributed by atoms with Crippen molar-refractivity contribution in [3.05, 3.63) is 46.4 Å². The number of carbonyl (C=O) groups excluding carboxylic acids is 1. The number of amides is 1. The third kappa shape index (κ3) is 2.20. The predicted molar refractivity (Wildman–Crippen MR) is 93.5 cm³/mol. The van der Waals surface area contributed by atoms with Crippen LogP contribution >= 0.6 is 0 Å². The summed E-state index contributed by atoms with van der Waals surface area (Å²) in [6.45, 7) is 1.86. The van der Waals surface area contributed by atoms with Gasteiger partial charge in [0.05, 0.1) is 11.8 Å². The number of allylic oxidation sites excluding steroid dienone is 2. The summed E-state index contributed by atoms with van der Waals surface area (Å²) < 4.78 is 1.85. The van der Waals surface area contributed by atoms with E-state index in [9.17, 15) is 19.5 Å². The zero-order valence-electron chi connectivity index (χ0n) is 14.5. The lowest BCUT2D eigenvalue weighted by Gasteiger charge is -2.44. The highest BCUT2D eigenvalue weighted by molar-refractivity contribution is 5.87. The Morgan fingerprint density at radius 1 is 1.00 bits per heavy atom. The standard InChI is InChI=1S/C20H22N2O4/c23-16-3-1-2-15-14-6-11(9-22(15)16)8-21(10-14)19(24)17-12-4-5-13(7-12)18(17)20(25)26/h1-5,11-14,17-18H,6-10H2,(H,25,26)/t11-,12+,13+,14+,17-,18+/m1/s1. The van der Waals surface area contributed by atoms with Crippen molar-refractivity contribution in [2.45, 2.75) is 25.3 Å². The number of nitrogens with zero attached hydrogens (tertiary/aromatic N) is 2. The number of carboxylic acid groups (broad SMARTS) is 1. The maximum absolute atomic E-state index is 13.3. The van der Waals surface area contributed by atoms with E-state index in [2.05, 4.69) is 0 Å². The summed E-state index contributed by atoms with van der Waals surface area (Å²) in [5.41, 5.74) is 1.04. The molecule has 6 nitrogen and oxygen atoms in total. The van der Waals surface area contributed by atoms with Crippen LogP contribution in [0.1, 0.15) is 24.5 Å². The Balaban J connectivity index is 1.42. The Hall–Kier alpha value is -2.37. The molecule has 4 aliphatic rings. The molecule has 1 aromatic rings. The van der Waals surface area contributed by atoms with E-state index >= 15 is 0 Å². The molecule has 1 amide bonds. The second-order valence-electron chi connectivity index (χ2n) is 8.28. The van der Waals surface area contributed by atoms with Gasteiger partial charge in [0.1, 0.15) is 0 Å². The molecule has 2 aliphatic carbocycles. The van der Waals surface area contributed by atoms with Gasteiger partial charge in [-0.05, 0) is 36.7 Å². The first-order chi connectivity index (χ1) is 12.5. The Labute approximate surface area is 151 Å². The highest BCUT2D eigenvalue weighted by Gasteiger charge is 2.53. The predicted octanol–water partition coefficient (Wildman–Crippen LogP) is 1.32. The number of aromatic nitrogens is 1. The van der Waals surface area contributed by atoms with E-state index in [0.29, 0.717) is 19.6 Å². The number of aliphatic carboxylic acids is 1. The van der Waals surface area contributed by atoms with Crippen LogP contribution in [0.25, 0.3) is 0 Å². The smallest absolute Gasteiger partial charge is 0.307 e. The van der Waals surface area contributed by atoms with Crippen molar-refractivity contribution in [2.24, 2.45) is 29.6 Å². The molecule has 5 rings (SSSR count). The van der Waals surface area contributed by atoms with Gasteiger partial charge >= 0.3 is 5.97 Å². The highest BCUT2D eigenvalue weighted by atomic mass is 16.4. The van der Waals surface area contributed by atoms with Gasteiger partial charge in [0.25, 0.3) is 5.56 Å². The van der Waals surface area contributed by atoms with Gasteiger partial charge in [-0.15, -0.1) is 0 Å². The molecule has 2 fully saturated rings. The largest absolute Gasteiger partial charge is 0.481 e. The highest BCUT2D eigenvalue weighted by Crippen LogP contribution is 2.49. The van der Waals surface area contributed by atoms with Crippen LogP contribution in [-0.2, 0) is 16.1 Å². The number of pyridine rings is 1. The Kier molecular flexibility index (Phi) is 3.39. The summed E-state index contributed by atoms with van der Waals surface area (Å²) in [5.74, 6) is -1.39. The van der Waals surface area contributed by atoms with E-state index in [1.165, 1.54) is 0 Å². The van der Waals surface area contributed by atoms with Gasteiger partial charge in [-0.25, -0.2) is 0 Å². The minimum atomic E-state index is -0.852. The van der Waals surface area contributed by atoms with Gasteiger partial charge in [-0.1, -0.05) is 18.2 Å². The first kappa shape index (κ1) is 15.9. The summed E-state index contributed by atoms with van der Waals surface area (Å²) >= 11 is 0. The van der Waals surface area contributed by atoms with Crippen molar-refractivity contribution >= 4 is 11.9 Å². The molecule has 26 heavy (non-hydrogen) atoms. The monoisotopic (exact) mass is 354 g/mol. The van der Waals surface area contributed by atoms with Gasteiger partial charge in [0.2, 0.25) is 5.91 Å². The van der Waals surface area contributed by atoms with Crippen molar-refractivity contribution in [1.82, 2.24) is 9.47 Å². The van der Waals surface area contributed by atoms with Crippen LogP contribution in [0.3, 0.4) is 0 Å². The van der Waals surface area contributed by atoms with Crippen LogP contribution in [0.15, 0.2) is 35.1 Å².